The molecule has 0 unspecified atom stereocenters. The zero-order valence-electron chi connectivity index (χ0n) is 10.9. The molecule has 17 heavy (non-hydrogen) atoms. The number of amides is 1. The van der Waals surface area contributed by atoms with Crippen molar-refractivity contribution in [3.8, 4) is 0 Å². The van der Waals surface area contributed by atoms with Crippen LogP contribution in [0.1, 0.15) is 46.5 Å². The minimum atomic E-state index is -0.462. The number of fused-ring (bicyclic) bond motifs is 3. The lowest BCUT2D eigenvalue weighted by molar-refractivity contribution is -0.0237. The second kappa shape index (κ2) is 4.48. The highest BCUT2D eigenvalue weighted by molar-refractivity contribution is 5.68. The lowest BCUT2D eigenvalue weighted by Gasteiger charge is -2.45. The van der Waals surface area contributed by atoms with Gasteiger partial charge in [-0.3, -0.25) is 0 Å². The number of carbonyl (C=O) groups excluding carboxylic acids is 1. The third-order valence-corrected chi connectivity index (χ3v) is 3.78. The zero-order valence-corrected chi connectivity index (χ0v) is 10.9. The Balaban J connectivity index is 1.89. The van der Waals surface area contributed by atoms with Crippen molar-refractivity contribution in [1.82, 2.24) is 5.32 Å². The lowest BCUT2D eigenvalue weighted by Crippen LogP contribution is -2.53. The van der Waals surface area contributed by atoms with Crippen LogP contribution < -0.4 is 5.32 Å². The van der Waals surface area contributed by atoms with Gasteiger partial charge in [0.05, 0.1) is 6.10 Å². The largest absolute Gasteiger partial charge is 0.444 e. The summed E-state index contributed by atoms with van der Waals surface area (Å²) in [5.41, 5.74) is -0.462. The van der Waals surface area contributed by atoms with Gasteiger partial charge >= 0.3 is 6.09 Å². The Morgan fingerprint density at radius 3 is 2.53 bits per heavy atom. The number of hydrogen-bond donors (Lipinski definition) is 2. The van der Waals surface area contributed by atoms with E-state index in [0.29, 0.717) is 5.92 Å². The zero-order chi connectivity index (χ0) is 12.6. The molecule has 0 aliphatic heterocycles. The summed E-state index contributed by atoms with van der Waals surface area (Å²) in [7, 11) is 0. The molecule has 0 heterocycles. The van der Waals surface area contributed by atoms with E-state index in [1.165, 1.54) is 6.42 Å². The lowest BCUT2D eigenvalue weighted by atomic mass is 9.66. The molecule has 4 heteroatoms. The van der Waals surface area contributed by atoms with Gasteiger partial charge in [-0.15, -0.1) is 0 Å². The number of nitrogens with one attached hydrogen (secondary N) is 1. The minimum absolute atomic E-state index is 0.0901. The Morgan fingerprint density at radius 2 is 2.00 bits per heavy atom. The van der Waals surface area contributed by atoms with Crippen LogP contribution in [0.2, 0.25) is 0 Å². The average molecular weight is 241 g/mol. The second-order valence-corrected chi connectivity index (χ2v) is 6.40. The summed E-state index contributed by atoms with van der Waals surface area (Å²) in [6.45, 7) is 5.57. The third-order valence-electron chi connectivity index (χ3n) is 3.78. The summed E-state index contributed by atoms with van der Waals surface area (Å²) in [6.07, 6.45) is 3.49. The van der Waals surface area contributed by atoms with Gasteiger partial charge in [0.2, 0.25) is 0 Å². The van der Waals surface area contributed by atoms with Crippen molar-refractivity contribution in [2.75, 3.05) is 0 Å². The van der Waals surface area contributed by atoms with Gasteiger partial charge in [0, 0.05) is 12.0 Å². The molecule has 3 fully saturated rings. The van der Waals surface area contributed by atoms with Crippen molar-refractivity contribution in [2.45, 2.75) is 64.2 Å². The van der Waals surface area contributed by atoms with Crippen LogP contribution in [0.25, 0.3) is 0 Å². The van der Waals surface area contributed by atoms with Crippen LogP contribution in [0, 0.1) is 11.8 Å². The second-order valence-electron chi connectivity index (χ2n) is 6.40. The maximum atomic E-state index is 11.7. The van der Waals surface area contributed by atoms with Gasteiger partial charge in [-0.2, -0.15) is 0 Å². The summed E-state index contributed by atoms with van der Waals surface area (Å²) in [4.78, 5) is 11.7. The molecule has 4 atom stereocenters. The Labute approximate surface area is 103 Å². The number of carbonyl (C=O) groups is 1. The van der Waals surface area contributed by atoms with E-state index in [4.69, 9.17) is 4.74 Å². The highest BCUT2D eigenvalue weighted by Gasteiger charge is 2.42. The van der Waals surface area contributed by atoms with Gasteiger partial charge in [0.1, 0.15) is 5.60 Å². The summed E-state index contributed by atoms with van der Waals surface area (Å²) in [5.74, 6) is 0.780. The molecule has 0 spiro atoms. The van der Waals surface area contributed by atoms with Gasteiger partial charge in [-0.25, -0.2) is 4.79 Å². The number of ether oxygens (including phenoxy) is 1. The summed E-state index contributed by atoms with van der Waals surface area (Å²) >= 11 is 0. The fraction of sp³-hybridized carbons (Fsp3) is 0.923. The Kier molecular flexibility index (Phi) is 3.34. The van der Waals surface area contributed by atoms with E-state index in [1.54, 1.807) is 0 Å². The molecule has 3 aliphatic carbocycles. The van der Waals surface area contributed by atoms with Gasteiger partial charge in [-0.1, -0.05) is 0 Å². The number of aliphatic hydroxyl groups excluding tert-OH is 1. The monoisotopic (exact) mass is 241 g/mol. The maximum Gasteiger partial charge on any atom is 0.407 e. The molecular weight excluding hydrogens is 218 g/mol. The first-order valence-corrected chi connectivity index (χ1v) is 6.53. The van der Waals surface area contributed by atoms with Crippen molar-refractivity contribution < 1.29 is 14.6 Å². The highest BCUT2D eigenvalue weighted by Crippen LogP contribution is 2.41. The normalized spacial score (nSPS) is 36.7. The molecule has 0 aromatic heterocycles. The van der Waals surface area contributed by atoms with Crippen molar-refractivity contribution >= 4 is 6.09 Å². The fourth-order valence-corrected chi connectivity index (χ4v) is 3.10. The molecule has 2 N–H and O–H groups in total. The fourth-order valence-electron chi connectivity index (χ4n) is 3.10. The highest BCUT2D eigenvalue weighted by atomic mass is 16.6. The van der Waals surface area contributed by atoms with Crippen molar-refractivity contribution in [2.24, 2.45) is 11.8 Å². The summed E-state index contributed by atoms with van der Waals surface area (Å²) in [6, 6.07) is 0.0901. The van der Waals surface area contributed by atoms with E-state index in [1.807, 2.05) is 20.8 Å². The topological polar surface area (TPSA) is 58.6 Å². The maximum absolute atomic E-state index is 11.7. The van der Waals surface area contributed by atoms with E-state index in [-0.39, 0.29) is 24.2 Å². The van der Waals surface area contributed by atoms with E-state index in [9.17, 15) is 9.90 Å². The number of rotatable bonds is 1. The molecule has 2 bridgehead atoms. The van der Waals surface area contributed by atoms with E-state index >= 15 is 0 Å². The number of hydrogen-bond acceptors (Lipinski definition) is 3. The van der Waals surface area contributed by atoms with Crippen molar-refractivity contribution in [3.05, 3.63) is 0 Å². The first-order chi connectivity index (χ1) is 7.85. The van der Waals surface area contributed by atoms with Gasteiger partial charge in [-0.05, 0) is 52.4 Å². The van der Waals surface area contributed by atoms with Crippen molar-refractivity contribution in [3.63, 3.8) is 0 Å². The number of alkyl carbamates (subject to hydrolysis) is 1. The molecule has 98 valence electrons. The van der Waals surface area contributed by atoms with Crippen LogP contribution in [0.4, 0.5) is 4.79 Å². The molecular formula is C13H23NO3. The molecule has 3 saturated carbocycles. The molecule has 0 aromatic rings. The van der Waals surface area contributed by atoms with Gasteiger partial charge in [0.25, 0.3) is 0 Å². The predicted octanol–water partition coefficient (Wildman–Crippen LogP) is 2.06. The smallest absolute Gasteiger partial charge is 0.407 e. The Morgan fingerprint density at radius 1 is 1.29 bits per heavy atom. The van der Waals surface area contributed by atoms with E-state index in [0.717, 1.165) is 19.3 Å². The molecule has 3 aliphatic rings. The predicted molar refractivity (Wildman–Crippen MR) is 64.6 cm³/mol. The molecule has 0 radical (unpaired) electrons. The summed E-state index contributed by atoms with van der Waals surface area (Å²) in [5, 5.41) is 12.8. The minimum Gasteiger partial charge on any atom is -0.444 e. The van der Waals surface area contributed by atoms with Crippen LogP contribution in [0.5, 0.6) is 0 Å². The van der Waals surface area contributed by atoms with Gasteiger partial charge in [0.15, 0.2) is 0 Å². The summed E-state index contributed by atoms with van der Waals surface area (Å²) < 4.78 is 5.25. The Bertz CT molecular complexity index is 298. The van der Waals surface area contributed by atoms with E-state index in [2.05, 4.69) is 5.32 Å². The quantitative estimate of drug-likeness (QED) is 0.738. The van der Waals surface area contributed by atoms with Crippen LogP contribution in [-0.2, 0) is 4.74 Å². The van der Waals surface area contributed by atoms with Gasteiger partial charge < -0.3 is 15.2 Å². The third kappa shape index (κ3) is 3.12. The standard InChI is InChI=1S/C13H23NO3/c1-13(2,3)17-12(16)14-10-6-8-4-5-9(10)11(15)7-8/h8-11,15H,4-7H2,1-3H3,(H,14,16)/t8-,9+,10-,11+/m0/s1. The molecule has 0 aromatic carbocycles. The average Bonchev–Trinajstić information content (AvgIpc) is 2.14. The molecule has 3 rings (SSSR count). The van der Waals surface area contributed by atoms with E-state index < -0.39 is 5.60 Å². The molecule has 1 amide bonds. The first kappa shape index (κ1) is 12.7. The van der Waals surface area contributed by atoms with Crippen LogP contribution in [-0.4, -0.2) is 28.9 Å². The van der Waals surface area contributed by atoms with Crippen LogP contribution >= 0.6 is 0 Å². The SMILES string of the molecule is CC(C)(C)OC(=O)N[C@H]1C[C@@H]2CC[C@H]1[C@H](O)C2. The first-order valence-electron chi connectivity index (χ1n) is 6.53. The van der Waals surface area contributed by atoms with Crippen LogP contribution in [0.15, 0.2) is 0 Å². The molecule has 4 nitrogen and oxygen atoms in total. The van der Waals surface area contributed by atoms with Crippen LogP contribution in [0.3, 0.4) is 0 Å². The Hall–Kier alpha value is -0.770. The number of aliphatic hydroxyl groups is 1. The molecule has 0 saturated heterocycles. The van der Waals surface area contributed by atoms with Crippen molar-refractivity contribution in [1.29, 1.82) is 0 Å².